The van der Waals surface area contributed by atoms with Gasteiger partial charge in [-0.15, -0.1) is 0 Å². The third-order valence-electron chi connectivity index (χ3n) is 3.85. The van der Waals surface area contributed by atoms with Gasteiger partial charge in [0, 0.05) is 0 Å². The predicted molar refractivity (Wildman–Crippen MR) is 74.9 cm³/mol. The standard InChI is InChI=1S/C17H23.2ClH.Hf/c1-3-5-9-15-11-7-13-17(15)16-12-6-10-14(16)8-4-2;;;/h6,10,13H,3-5,7-9,12H2,1-2H3;2*1H;/q;;;+2/p-2. The van der Waals surface area contributed by atoms with E-state index >= 15 is 0 Å². The molecule has 0 aromatic carbocycles. The van der Waals surface area contributed by atoms with E-state index in [-0.39, 0.29) is 24.8 Å². The van der Waals surface area contributed by atoms with Gasteiger partial charge in [0.25, 0.3) is 0 Å². The van der Waals surface area contributed by atoms with Crippen molar-refractivity contribution in [3.05, 3.63) is 43.9 Å². The summed E-state index contributed by atoms with van der Waals surface area (Å²) >= 11 is 1.24. The van der Waals surface area contributed by atoms with Crippen LogP contribution in [0.5, 0.6) is 0 Å². The van der Waals surface area contributed by atoms with Crippen LogP contribution < -0.4 is 24.8 Å². The van der Waals surface area contributed by atoms with Gasteiger partial charge in [-0.05, 0) is 0 Å². The van der Waals surface area contributed by atoms with Gasteiger partial charge in [-0.25, -0.2) is 0 Å². The van der Waals surface area contributed by atoms with E-state index in [1.54, 1.807) is 25.6 Å². The van der Waals surface area contributed by atoms with Gasteiger partial charge in [-0.1, -0.05) is 0 Å². The summed E-state index contributed by atoms with van der Waals surface area (Å²) in [4.78, 5) is 0. The van der Waals surface area contributed by atoms with Crippen LogP contribution in [0.1, 0.15) is 58.8 Å². The van der Waals surface area contributed by atoms with E-state index in [1.807, 2.05) is 0 Å². The molecule has 0 unspecified atom stereocenters. The number of unbranched alkanes of at least 4 members (excludes halogenated alkanes) is 1. The van der Waals surface area contributed by atoms with Crippen molar-refractivity contribution in [1.82, 2.24) is 0 Å². The Morgan fingerprint density at radius 3 is 2.45 bits per heavy atom. The van der Waals surface area contributed by atoms with Gasteiger partial charge in [0.1, 0.15) is 0 Å². The molecule has 0 spiro atoms. The molecule has 2 aliphatic carbocycles. The van der Waals surface area contributed by atoms with E-state index in [2.05, 4.69) is 32.1 Å². The number of hydrogen-bond acceptors (Lipinski definition) is 0. The normalized spacial score (nSPS) is 17.3. The minimum absolute atomic E-state index is 0. The Morgan fingerprint density at radius 1 is 1.05 bits per heavy atom. The fraction of sp³-hybridized carbons (Fsp3) is 0.529. The van der Waals surface area contributed by atoms with Gasteiger partial charge in [0.05, 0.1) is 0 Å². The van der Waals surface area contributed by atoms with E-state index in [1.165, 1.54) is 69.3 Å². The van der Waals surface area contributed by atoms with E-state index in [4.69, 9.17) is 0 Å². The van der Waals surface area contributed by atoms with Gasteiger partial charge in [-0.3, -0.25) is 0 Å². The number of halogens is 2. The predicted octanol–water partition coefficient (Wildman–Crippen LogP) is -0.628. The Hall–Kier alpha value is 0.410. The summed E-state index contributed by atoms with van der Waals surface area (Å²) in [5.74, 6) is 0. The Balaban J connectivity index is 0.00000180. The molecule has 0 heterocycles. The molecule has 20 heavy (non-hydrogen) atoms. The quantitative estimate of drug-likeness (QED) is 0.448. The van der Waals surface area contributed by atoms with Crippen molar-refractivity contribution in [2.24, 2.45) is 0 Å². The fourth-order valence-electron chi connectivity index (χ4n) is 2.89. The Kier molecular flexibility index (Phi) is 10.4. The molecule has 0 nitrogen and oxygen atoms in total. The maximum Gasteiger partial charge on any atom is -1.00 e. The first-order valence-corrected chi connectivity index (χ1v) is 9.10. The largest absolute Gasteiger partial charge is 1.00 e. The molecule has 0 saturated carbocycles. The summed E-state index contributed by atoms with van der Waals surface area (Å²) in [6.45, 7) is 4.58. The Labute approximate surface area is 151 Å². The zero-order valence-electron chi connectivity index (χ0n) is 12.4. The summed E-state index contributed by atoms with van der Waals surface area (Å²) in [5.41, 5.74) is 6.60. The average molecular weight is 477 g/mol. The molecule has 0 N–H and O–H groups in total. The topological polar surface area (TPSA) is 0 Å². The Morgan fingerprint density at radius 2 is 1.80 bits per heavy atom. The molecule has 0 atom stereocenters. The number of rotatable bonds is 6. The molecule has 0 amide bonds. The average Bonchev–Trinajstić information content (AvgIpc) is 2.94. The van der Waals surface area contributed by atoms with Crippen LogP contribution >= 0.6 is 0 Å². The van der Waals surface area contributed by atoms with Gasteiger partial charge in [0.15, 0.2) is 0 Å². The summed E-state index contributed by atoms with van der Waals surface area (Å²) < 4.78 is 1.74. The third kappa shape index (κ3) is 4.71. The van der Waals surface area contributed by atoms with Crippen LogP contribution in [0.25, 0.3) is 0 Å². The van der Waals surface area contributed by atoms with Crippen LogP contribution in [0.15, 0.2) is 43.9 Å². The van der Waals surface area contributed by atoms with E-state index in [9.17, 15) is 0 Å². The van der Waals surface area contributed by atoms with Crippen LogP contribution in [0.3, 0.4) is 0 Å². The fourth-order valence-corrected chi connectivity index (χ4v) is 4.19. The molecule has 0 aromatic rings. The van der Waals surface area contributed by atoms with Crippen LogP contribution in [0, 0.1) is 0 Å². The summed E-state index contributed by atoms with van der Waals surface area (Å²) in [5, 5.41) is 0. The van der Waals surface area contributed by atoms with Gasteiger partial charge in [0.2, 0.25) is 0 Å². The van der Waals surface area contributed by atoms with Crippen LogP contribution in [-0.4, -0.2) is 0 Å². The molecule has 0 saturated heterocycles. The second kappa shape index (κ2) is 10.2. The first kappa shape index (κ1) is 20.4. The van der Waals surface area contributed by atoms with Crippen molar-refractivity contribution in [3.8, 4) is 0 Å². The van der Waals surface area contributed by atoms with E-state index in [0.717, 1.165) is 0 Å². The van der Waals surface area contributed by atoms with Gasteiger partial charge < -0.3 is 24.8 Å². The molecule has 2 aliphatic rings. The SMILES string of the molecule is CCCCC1=[C]([Hf+2])CC=C1C1=C(CCC)C=CC1.[Cl-].[Cl-]. The number of allylic oxidation sites excluding steroid dienone is 8. The summed E-state index contributed by atoms with van der Waals surface area (Å²) in [6, 6.07) is 0. The smallest absolute Gasteiger partial charge is 1.00 e. The van der Waals surface area contributed by atoms with Crippen molar-refractivity contribution >= 4 is 0 Å². The van der Waals surface area contributed by atoms with E-state index in [0.29, 0.717) is 0 Å². The maximum atomic E-state index is 2.51. The summed E-state index contributed by atoms with van der Waals surface area (Å²) in [7, 11) is 0. The van der Waals surface area contributed by atoms with Crippen LogP contribution in [0.2, 0.25) is 0 Å². The maximum absolute atomic E-state index is 2.51. The van der Waals surface area contributed by atoms with Crippen molar-refractivity contribution in [2.45, 2.75) is 58.8 Å². The van der Waals surface area contributed by atoms with Gasteiger partial charge >= 0.3 is 127 Å². The molecular formula is C17H23Cl2Hf. The molecule has 109 valence electrons. The van der Waals surface area contributed by atoms with E-state index < -0.39 is 0 Å². The minimum atomic E-state index is 0. The second-order valence-electron chi connectivity index (χ2n) is 5.24. The molecule has 0 bridgehead atoms. The second-order valence-corrected chi connectivity index (χ2v) is 7.41. The molecule has 0 fully saturated rings. The molecule has 3 heteroatoms. The molecule has 2 rings (SSSR count). The van der Waals surface area contributed by atoms with Crippen LogP contribution in [0.4, 0.5) is 0 Å². The third-order valence-corrected chi connectivity index (χ3v) is 5.67. The first-order chi connectivity index (χ1) is 8.77. The number of hydrogen-bond donors (Lipinski definition) is 0. The molecule has 0 aliphatic heterocycles. The van der Waals surface area contributed by atoms with Gasteiger partial charge in [-0.2, -0.15) is 0 Å². The molecule has 0 radical (unpaired) electrons. The summed E-state index contributed by atoms with van der Waals surface area (Å²) in [6.07, 6.45) is 16.1. The molecule has 0 aromatic heterocycles. The van der Waals surface area contributed by atoms with Crippen molar-refractivity contribution in [1.29, 1.82) is 0 Å². The zero-order valence-corrected chi connectivity index (χ0v) is 17.5. The first-order valence-electron chi connectivity index (χ1n) is 7.31. The zero-order chi connectivity index (χ0) is 13.0. The molecular weight excluding hydrogens is 454 g/mol. The van der Waals surface area contributed by atoms with Crippen molar-refractivity contribution < 1.29 is 49.2 Å². The monoisotopic (exact) mass is 477 g/mol. The van der Waals surface area contributed by atoms with Crippen molar-refractivity contribution in [2.75, 3.05) is 0 Å². The minimum Gasteiger partial charge on any atom is -1.00 e. The van der Waals surface area contributed by atoms with Crippen LogP contribution in [-0.2, 0) is 24.4 Å². The Bertz CT molecular complexity index is 442. The van der Waals surface area contributed by atoms with Crippen molar-refractivity contribution in [3.63, 3.8) is 0 Å².